The first-order chi connectivity index (χ1) is 14.6. The Kier molecular flexibility index (Phi) is 5.98. The second-order valence-corrected chi connectivity index (χ2v) is 7.49. The van der Waals surface area contributed by atoms with Crippen LogP contribution in [0.25, 0.3) is 0 Å². The van der Waals surface area contributed by atoms with E-state index in [4.69, 9.17) is 9.84 Å². The zero-order chi connectivity index (χ0) is 20.9. The van der Waals surface area contributed by atoms with Gasteiger partial charge in [0.1, 0.15) is 18.2 Å². The number of aliphatic carboxylic acids is 1. The molecule has 0 bridgehead atoms. The van der Waals surface area contributed by atoms with Crippen LogP contribution in [0.4, 0.5) is 15.8 Å². The van der Waals surface area contributed by atoms with Gasteiger partial charge in [-0.2, -0.15) is 0 Å². The van der Waals surface area contributed by atoms with E-state index in [2.05, 4.69) is 35.2 Å². The van der Waals surface area contributed by atoms with Crippen molar-refractivity contribution < 1.29 is 19.0 Å². The van der Waals surface area contributed by atoms with Gasteiger partial charge >= 0.3 is 5.97 Å². The predicted molar refractivity (Wildman–Crippen MR) is 115 cm³/mol. The van der Waals surface area contributed by atoms with Gasteiger partial charge in [-0.3, -0.25) is 4.79 Å². The Labute approximate surface area is 175 Å². The standard InChI is InChI=1S/C25H24FNO3/c26-23-16-22(12-10-19(23)11-13-25(28)29)30-17-18-8-9-20-5-4-14-27(24(20)15-18)21-6-2-1-3-7-21/h1-3,6-10,12,15-16H,4-5,11,13-14,17H2,(H,28,29). The normalized spacial score (nSPS) is 13.0. The van der Waals surface area contributed by atoms with Gasteiger partial charge in [-0.05, 0) is 60.2 Å². The monoisotopic (exact) mass is 405 g/mol. The molecule has 154 valence electrons. The summed E-state index contributed by atoms with van der Waals surface area (Å²) in [4.78, 5) is 13.0. The Morgan fingerprint density at radius 2 is 1.90 bits per heavy atom. The molecular formula is C25H24FNO3. The van der Waals surface area contributed by atoms with E-state index in [1.165, 1.54) is 23.0 Å². The second kappa shape index (κ2) is 8.99. The van der Waals surface area contributed by atoms with Gasteiger partial charge in [0, 0.05) is 30.4 Å². The van der Waals surface area contributed by atoms with Gasteiger partial charge in [0.2, 0.25) is 0 Å². The van der Waals surface area contributed by atoms with E-state index in [9.17, 15) is 9.18 Å². The summed E-state index contributed by atoms with van der Waals surface area (Å²) in [7, 11) is 0. The lowest BCUT2D eigenvalue weighted by Gasteiger charge is -2.32. The number of anilines is 2. The number of benzene rings is 3. The number of carboxylic acid groups (broad SMARTS) is 1. The summed E-state index contributed by atoms with van der Waals surface area (Å²) in [5.41, 5.74) is 5.10. The minimum absolute atomic E-state index is 0.0931. The maximum absolute atomic E-state index is 14.2. The first kappa shape index (κ1) is 20.0. The highest BCUT2D eigenvalue weighted by Gasteiger charge is 2.18. The molecule has 1 aliphatic heterocycles. The first-order valence-corrected chi connectivity index (χ1v) is 10.2. The highest BCUT2D eigenvalue weighted by Crippen LogP contribution is 2.34. The zero-order valence-corrected chi connectivity index (χ0v) is 16.7. The van der Waals surface area contributed by atoms with Crippen molar-refractivity contribution in [1.82, 2.24) is 0 Å². The molecule has 30 heavy (non-hydrogen) atoms. The fourth-order valence-electron chi connectivity index (χ4n) is 3.81. The van der Waals surface area contributed by atoms with Crippen LogP contribution in [-0.2, 0) is 24.2 Å². The summed E-state index contributed by atoms with van der Waals surface area (Å²) in [6.07, 6.45) is 2.25. The number of nitrogens with zero attached hydrogens (tertiary/aromatic N) is 1. The maximum atomic E-state index is 14.2. The van der Waals surface area contributed by atoms with Crippen molar-refractivity contribution in [2.75, 3.05) is 11.4 Å². The van der Waals surface area contributed by atoms with Gasteiger partial charge in [-0.15, -0.1) is 0 Å². The van der Waals surface area contributed by atoms with Crippen molar-refractivity contribution in [1.29, 1.82) is 0 Å². The molecule has 3 aromatic rings. The summed E-state index contributed by atoms with van der Waals surface area (Å²) in [5, 5.41) is 8.76. The molecular weight excluding hydrogens is 381 g/mol. The van der Waals surface area contributed by atoms with E-state index >= 15 is 0 Å². The molecule has 0 spiro atoms. The van der Waals surface area contributed by atoms with Gasteiger partial charge in [0.15, 0.2) is 0 Å². The highest BCUT2D eigenvalue weighted by atomic mass is 19.1. The van der Waals surface area contributed by atoms with Crippen molar-refractivity contribution >= 4 is 17.3 Å². The minimum Gasteiger partial charge on any atom is -0.489 e. The lowest BCUT2D eigenvalue weighted by molar-refractivity contribution is -0.136. The third kappa shape index (κ3) is 4.62. The number of hydrogen-bond donors (Lipinski definition) is 1. The molecule has 4 nitrogen and oxygen atoms in total. The predicted octanol–water partition coefficient (Wildman–Crippen LogP) is 5.51. The topological polar surface area (TPSA) is 49.8 Å². The number of hydrogen-bond acceptors (Lipinski definition) is 3. The molecule has 4 rings (SSSR count). The third-order valence-electron chi connectivity index (χ3n) is 5.37. The van der Waals surface area contributed by atoms with Crippen LogP contribution in [-0.4, -0.2) is 17.6 Å². The van der Waals surface area contributed by atoms with Crippen LogP contribution in [0.5, 0.6) is 5.75 Å². The van der Waals surface area contributed by atoms with E-state index in [-0.39, 0.29) is 12.8 Å². The van der Waals surface area contributed by atoms with Gasteiger partial charge in [0.05, 0.1) is 0 Å². The minimum atomic E-state index is -0.938. The molecule has 0 amide bonds. The average Bonchev–Trinajstić information content (AvgIpc) is 2.77. The number of fused-ring (bicyclic) bond motifs is 1. The van der Waals surface area contributed by atoms with E-state index in [1.807, 2.05) is 18.2 Å². The quantitative estimate of drug-likeness (QED) is 0.563. The van der Waals surface area contributed by atoms with Crippen molar-refractivity contribution in [3.05, 3.63) is 89.2 Å². The Hall–Kier alpha value is -3.34. The summed E-state index contributed by atoms with van der Waals surface area (Å²) in [5.74, 6) is -0.940. The summed E-state index contributed by atoms with van der Waals surface area (Å²) in [6.45, 7) is 1.31. The van der Waals surface area contributed by atoms with E-state index in [0.717, 1.165) is 24.9 Å². The van der Waals surface area contributed by atoms with Gasteiger partial charge in [-0.1, -0.05) is 36.4 Å². The fraction of sp³-hybridized carbons (Fsp3) is 0.240. The maximum Gasteiger partial charge on any atom is 0.303 e. The van der Waals surface area contributed by atoms with Crippen molar-refractivity contribution in [2.45, 2.75) is 32.3 Å². The number of carboxylic acids is 1. The fourth-order valence-corrected chi connectivity index (χ4v) is 3.81. The molecule has 3 aromatic carbocycles. The average molecular weight is 405 g/mol. The van der Waals surface area contributed by atoms with Crippen LogP contribution < -0.4 is 9.64 Å². The molecule has 0 saturated carbocycles. The molecule has 1 N–H and O–H groups in total. The number of aryl methyl sites for hydroxylation is 2. The molecule has 5 heteroatoms. The SMILES string of the molecule is O=C(O)CCc1ccc(OCc2ccc3c(c2)N(c2ccccc2)CCC3)cc1F. The van der Waals surface area contributed by atoms with Crippen molar-refractivity contribution in [2.24, 2.45) is 0 Å². The number of ether oxygens (including phenoxy) is 1. The lowest BCUT2D eigenvalue weighted by Crippen LogP contribution is -2.24. The first-order valence-electron chi connectivity index (χ1n) is 10.2. The van der Waals surface area contributed by atoms with Gasteiger partial charge in [0.25, 0.3) is 0 Å². The van der Waals surface area contributed by atoms with Crippen molar-refractivity contribution in [3.63, 3.8) is 0 Å². The van der Waals surface area contributed by atoms with Gasteiger partial charge in [-0.25, -0.2) is 4.39 Å². The summed E-state index contributed by atoms with van der Waals surface area (Å²) >= 11 is 0. The second-order valence-electron chi connectivity index (χ2n) is 7.49. The molecule has 0 atom stereocenters. The Morgan fingerprint density at radius 1 is 1.07 bits per heavy atom. The number of rotatable bonds is 7. The molecule has 1 aliphatic rings. The van der Waals surface area contributed by atoms with Crippen LogP contribution in [0.2, 0.25) is 0 Å². The number of halogens is 1. The van der Waals surface area contributed by atoms with Crippen LogP contribution in [0.3, 0.4) is 0 Å². The van der Waals surface area contributed by atoms with E-state index < -0.39 is 11.8 Å². The summed E-state index contributed by atoms with van der Waals surface area (Å²) in [6, 6.07) is 21.3. The van der Waals surface area contributed by atoms with Crippen LogP contribution >= 0.6 is 0 Å². The zero-order valence-electron chi connectivity index (χ0n) is 16.7. The number of carbonyl (C=O) groups is 1. The summed E-state index contributed by atoms with van der Waals surface area (Å²) < 4.78 is 20.0. The molecule has 0 fully saturated rings. The van der Waals surface area contributed by atoms with Crippen molar-refractivity contribution in [3.8, 4) is 5.75 Å². The third-order valence-corrected chi connectivity index (χ3v) is 5.37. The lowest BCUT2D eigenvalue weighted by atomic mass is 9.99. The smallest absolute Gasteiger partial charge is 0.303 e. The highest BCUT2D eigenvalue weighted by molar-refractivity contribution is 5.68. The molecule has 0 unspecified atom stereocenters. The Bertz CT molecular complexity index is 1040. The van der Waals surface area contributed by atoms with Crippen LogP contribution in [0, 0.1) is 5.82 Å². The Morgan fingerprint density at radius 3 is 2.67 bits per heavy atom. The molecule has 0 aromatic heterocycles. The number of para-hydroxylation sites is 1. The Balaban J connectivity index is 1.47. The van der Waals surface area contributed by atoms with Crippen LogP contribution in [0.15, 0.2) is 66.7 Å². The largest absolute Gasteiger partial charge is 0.489 e. The van der Waals surface area contributed by atoms with Crippen LogP contribution in [0.1, 0.15) is 29.5 Å². The van der Waals surface area contributed by atoms with E-state index in [1.54, 1.807) is 12.1 Å². The molecule has 0 aliphatic carbocycles. The van der Waals surface area contributed by atoms with E-state index in [0.29, 0.717) is 17.9 Å². The molecule has 0 radical (unpaired) electrons. The molecule has 1 heterocycles. The van der Waals surface area contributed by atoms with Gasteiger partial charge < -0.3 is 14.7 Å². The molecule has 0 saturated heterocycles.